The number of nitrogens with one attached hydrogen (secondary N) is 1. The maximum atomic E-state index is 9.77. The zero-order valence-corrected chi connectivity index (χ0v) is 13.2. The van der Waals surface area contributed by atoms with Gasteiger partial charge in [0.1, 0.15) is 0 Å². The Bertz CT molecular complexity index is 467. The number of likely N-dealkylation sites (N-methyl/N-ethyl adjacent to an activating group) is 1. The van der Waals surface area contributed by atoms with Crippen molar-refractivity contribution in [2.45, 2.75) is 25.2 Å². The van der Waals surface area contributed by atoms with Crippen LogP contribution >= 0.6 is 0 Å². The highest BCUT2D eigenvalue weighted by atomic mass is 16.5. The Morgan fingerprint density at radius 2 is 2.18 bits per heavy atom. The van der Waals surface area contributed by atoms with Crippen molar-refractivity contribution in [2.75, 3.05) is 46.4 Å². The summed E-state index contributed by atoms with van der Waals surface area (Å²) < 4.78 is 5.96. The van der Waals surface area contributed by atoms with E-state index in [2.05, 4.69) is 33.2 Å². The predicted octanol–water partition coefficient (Wildman–Crippen LogP) is 0.173. The lowest BCUT2D eigenvalue weighted by atomic mass is 9.99. The first-order valence-corrected chi connectivity index (χ1v) is 8.13. The molecule has 2 heterocycles. The van der Waals surface area contributed by atoms with Gasteiger partial charge < -0.3 is 25.0 Å². The van der Waals surface area contributed by atoms with E-state index >= 15 is 0 Å². The van der Waals surface area contributed by atoms with Crippen LogP contribution in [0.5, 0.6) is 0 Å². The number of ether oxygens (including phenoxy) is 1. The first-order valence-electron chi connectivity index (χ1n) is 8.13. The number of hydrogen-bond acceptors (Lipinski definition) is 6. The molecule has 2 aliphatic heterocycles. The summed E-state index contributed by atoms with van der Waals surface area (Å²) in [5.74, 6) is 0. The van der Waals surface area contributed by atoms with E-state index in [1.54, 1.807) is 6.34 Å². The van der Waals surface area contributed by atoms with Crippen molar-refractivity contribution < 1.29 is 9.84 Å². The Kier molecular flexibility index (Phi) is 5.25. The van der Waals surface area contributed by atoms with Gasteiger partial charge in [0.25, 0.3) is 0 Å². The molecule has 6 heteroatoms. The minimum absolute atomic E-state index is 0.0949. The third kappa shape index (κ3) is 3.95. The van der Waals surface area contributed by atoms with Crippen molar-refractivity contribution in [3.63, 3.8) is 0 Å². The van der Waals surface area contributed by atoms with E-state index < -0.39 is 6.23 Å². The van der Waals surface area contributed by atoms with Crippen LogP contribution in [0.15, 0.2) is 28.4 Å². The first-order chi connectivity index (χ1) is 10.7. The standard InChI is InChI=1S/C16H26N4O2/c1-19-6-8-20(9-7-19)5-2-10-22-13-3-4-14-15(11-13)17-12-18-16(14)21/h4,11-13,16,21H,2-3,5-10H2,1H3,(H,17,18). The van der Waals surface area contributed by atoms with Crippen molar-refractivity contribution >= 4 is 6.34 Å². The SMILES string of the molecule is CN1CCN(CCCOC2C=C3NC=NC(O)C3=CC2)CC1. The Morgan fingerprint density at radius 3 is 3.00 bits per heavy atom. The highest BCUT2D eigenvalue weighted by Crippen LogP contribution is 2.24. The number of aliphatic imine (C=N–C) groups is 1. The van der Waals surface area contributed by atoms with E-state index in [1.807, 2.05) is 6.08 Å². The molecule has 0 radical (unpaired) electrons. The summed E-state index contributed by atoms with van der Waals surface area (Å²) in [4.78, 5) is 8.82. The molecule has 3 aliphatic rings. The number of aliphatic hydroxyl groups is 1. The van der Waals surface area contributed by atoms with Gasteiger partial charge in [-0.05, 0) is 26.0 Å². The molecular weight excluding hydrogens is 280 g/mol. The monoisotopic (exact) mass is 306 g/mol. The predicted molar refractivity (Wildman–Crippen MR) is 86.7 cm³/mol. The minimum atomic E-state index is -0.731. The second-order valence-electron chi connectivity index (χ2n) is 6.18. The van der Waals surface area contributed by atoms with Gasteiger partial charge in [-0.15, -0.1) is 0 Å². The average Bonchev–Trinajstić information content (AvgIpc) is 2.53. The van der Waals surface area contributed by atoms with E-state index in [9.17, 15) is 5.11 Å². The van der Waals surface area contributed by atoms with Gasteiger partial charge in [0.05, 0.1) is 12.4 Å². The molecule has 6 nitrogen and oxygen atoms in total. The quantitative estimate of drug-likeness (QED) is 0.709. The van der Waals surface area contributed by atoms with Gasteiger partial charge in [-0.3, -0.25) is 0 Å². The molecule has 2 atom stereocenters. The molecule has 0 spiro atoms. The molecule has 122 valence electrons. The maximum Gasteiger partial charge on any atom is 0.174 e. The van der Waals surface area contributed by atoms with Crippen LogP contribution in [-0.4, -0.2) is 80.0 Å². The lowest BCUT2D eigenvalue weighted by Gasteiger charge is -2.32. The molecule has 1 saturated heterocycles. The third-order valence-corrected chi connectivity index (χ3v) is 4.49. The molecule has 0 amide bonds. The number of hydrogen-bond donors (Lipinski definition) is 2. The molecule has 1 fully saturated rings. The molecule has 3 rings (SSSR count). The average molecular weight is 306 g/mol. The molecule has 0 aromatic carbocycles. The molecule has 2 N–H and O–H groups in total. The van der Waals surface area contributed by atoms with Crippen molar-refractivity contribution in [1.29, 1.82) is 0 Å². The summed E-state index contributed by atoms with van der Waals surface area (Å²) >= 11 is 0. The zero-order valence-electron chi connectivity index (χ0n) is 13.2. The lowest BCUT2D eigenvalue weighted by Crippen LogP contribution is -2.44. The molecular formula is C16H26N4O2. The highest BCUT2D eigenvalue weighted by Gasteiger charge is 2.23. The van der Waals surface area contributed by atoms with Gasteiger partial charge in [0.15, 0.2) is 6.23 Å². The second-order valence-corrected chi connectivity index (χ2v) is 6.18. The lowest BCUT2D eigenvalue weighted by molar-refractivity contribution is 0.0704. The fourth-order valence-corrected chi connectivity index (χ4v) is 3.05. The van der Waals surface area contributed by atoms with Gasteiger partial charge in [0.2, 0.25) is 0 Å². The van der Waals surface area contributed by atoms with Gasteiger partial charge in [-0.25, -0.2) is 4.99 Å². The van der Waals surface area contributed by atoms with Crippen LogP contribution in [0, 0.1) is 0 Å². The summed E-state index contributed by atoms with van der Waals surface area (Å²) in [5, 5.41) is 12.8. The van der Waals surface area contributed by atoms with E-state index in [0.717, 1.165) is 50.4 Å². The smallest absolute Gasteiger partial charge is 0.174 e. The summed E-state index contributed by atoms with van der Waals surface area (Å²) in [6, 6.07) is 0. The van der Waals surface area contributed by atoms with Crippen LogP contribution in [0.2, 0.25) is 0 Å². The molecule has 0 bridgehead atoms. The summed E-state index contributed by atoms with van der Waals surface area (Å²) in [5.41, 5.74) is 1.79. The summed E-state index contributed by atoms with van der Waals surface area (Å²) in [7, 11) is 2.18. The van der Waals surface area contributed by atoms with Crippen LogP contribution in [0.1, 0.15) is 12.8 Å². The zero-order chi connectivity index (χ0) is 15.4. The molecule has 0 aromatic heterocycles. The fourth-order valence-electron chi connectivity index (χ4n) is 3.05. The molecule has 22 heavy (non-hydrogen) atoms. The number of piperazine rings is 1. The Morgan fingerprint density at radius 1 is 1.36 bits per heavy atom. The Labute approximate surface area is 132 Å². The molecule has 0 saturated carbocycles. The highest BCUT2D eigenvalue weighted by molar-refractivity contribution is 5.64. The largest absolute Gasteiger partial charge is 0.374 e. The van der Waals surface area contributed by atoms with Crippen molar-refractivity contribution in [3.05, 3.63) is 23.4 Å². The van der Waals surface area contributed by atoms with Crippen LogP contribution in [0.25, 0.3) is 0 Å². The van der Waals surface area contributed by atoms with Gasteiger partial charge in [-0.2, -0.15) is 0 Å². The van der Waals surface area contributed by atoms with Crippen LogP contribution in [-0.2, 0) is 4.74 Å². The number of rotatable bonds is 5. The first kappa shape index (κ1) is 15.7. The normalized spacial score (nSPS) is 29.5. The Balaban J connectivity index is 1.37. The van der Waals surface area contributed by atoms with Crippen molar-refractivity contribution in [1.82, 2.24) is 15.1 Å². The van der Waals surface area contributed by atoms with Crippen LogP contribution < -0.4 is 5.32 Å². The number of aliphatic hydroxyl groups excluding tert-OH is 1. The second kappa shape index (κ2) is 7.37. The topological polar surface area (TPSA) is 60.3 Å². The summed E-state index contributed by atoms with van der Waals surface area (Å²) in [6.07, 6.45) is 6.86. The van der Waals surface area contributed by atoms with E-state index in [1.165, 1.54) is 13.1 Å². The third-order valence-electron chi connectivity index (χ3n) is 4.49. The maximum absolute atomic E-state index is 9.77. The van der Waals surface area contributed by atoms with Gasteiger partial charge in [0, 0.05) is 50.6 Å². The van der Waals surface area contributed by atoms with Crippen LogP contribution in [0.4, 0.5) is 0 Å². The van der Waals surface area contributed by atoms with Gasteiger partial charge in [-0.1, -0.05) is 6.08 Å². The molecule has 0 aromatic rings. The number of fused-ring (bicyclic) bond motifs is 1. The van der Waals surface area contributed by atoms with Crippen LogP contribution in [0.3, 0.4) is 0 Å². The fraction of sp³-hybridized carbons (Fsp3) is 0.688. The van der Waals surface area contributed by atoms with E-state index in [-0.39, 0.29) is 6.10 Å². The molecule has 1 aliphatic carbocycles. The van der Waals surface area contributed by atoms with Gasteiger partial charge >= 0.3 is 0 Å². The van der Waals surface area contributed by atoms with E-state index in [4.69, 9.17) is 4.74 Å². The van der Waals surface area contributed by atoms with Crippen molar-refractivity contribution in [2.24, 2.45) is 4.99 Å². The summed E-state index contributed by atoms with van der Waals surface area (Å²) in [6.45, 7) is 6.55. The van der Waals surface area contributed by atoms with E-state index in [0.29, 0.717) is 0 Å². The number of nitrogens with zero attached hydrogens (tertiary/aromatic N) is 3. The Hall–Kier alpha value is -1.21. The van der Waals surface area contributed by atoms with Crippen molar-refractivity contribution in [3.8, 4) is 0 Å². The minimum Gasteiger partial charge on any atom is -0.374 e. The molecule has 2 unspecified atom stereocenters.